The summed E-state index contributed by atoms with van der Waals surface area (Å²) in [6, 6.07) is 8.97. The molecule has 45 heavy (non-hydrogen) atoms. The summed E-state index contributed by atoms with van der Waals surface area (Å²) in [5.74, 6) is -0.522. The Labute approximate surface area is 257 Å². The quantitative estimate of drug-likeness (QED) is 0.282. The molecule has 1 saturated heterocycles. The van der Waals surface area contributed by atoms with Gasteiger partial charge in [0.05, 0.1) is 23.6 Å². The Morgan fingerprint density at radius 3 is 2.36 bits per heavy atom. The van der Waals surface area contributed by atoms with Crippen LogP contribution in [-0.2, 0) is 16.1 Å². The summed E-state index contributed by atoms with van der Waals surface area (Å²) in [6.07, 6.45) is 2.99. The second-order valence-corrected chi connectivity index (χ2v) is 11.5. The van der Waals surface area contributed by atoms with Crippen molar-refractivity contribution < 1.29 is 37.7 Å². The molecule has 1 aliphatic carbocycles. The van der Waals surface area contributed by atoms with Crippen LogP contribution in [0.4, 0.5) is 8.78 Å². The minimum absolute atomic E-state index is 0.0231. The van der Waals surface area contributed by atoms with Gasteiger partial charge in [-0.05, 0) is 81.3 Å². The van der Waals surface area contributed by atoms with Crippen molar-refractivity contribution in [1.29, 1.82) is 0 Å². The molecule has 1 amide bonds. The van der Waals surface area contributed by atoms with E-state index in [1.807, 2.05) is 0 Å². The first-order chi connectivity index (χ1) is 21.7. The van der Waals surface area contributed by atoms with E-state index in [0.29, 0.717) is 42.8 Å². The van der Waals surface area contributed by atoms with E-state index in [1.165, 1.54) is 29.7 Å². The van der Waals surface area contributed by atoms with E-state index in [0.717, 1.165) is 36.7 Å². The van der Waals surface area contributed by atoms with Gasteiger partial charge < -0.3 is 24.2 Å². The Hall–Kier alpha value is -4.42. The fourth-order valence-electron chi connectivity index (χ4n) is 5.92. The Bertz CT molecular complexity index is 1640. The summed E-state index contributed by atoms with van der Waals surface area (Å²) in [5.41, 5.74) is -0.366. The molecule has 11 nitrogen and oxygen atoms in total. The molecule has 2 fully saturated rings. The number of carboxylic acid groups (broad SMARTS) is 1. The third kappa shape index (κ3) is 7.12. The number of rotatable bonds is 13. The number of alkyl halides is 2. The molecule has 242 valence electrons. The first-order valence-corrected chi connectivity index (χ1v) is 15.2. The van der Waals surface area contributed by atoms with Gasteiger partial charge in [-0.2, -0.15) is 0 Å². The van der Waals surface area contributed by atoms with Gasteiger partial charge >= 0.3 is 11.7 Å². The number of fused-ring (bicyclic) bond motifs is 1. The summed E-state index contributed by atoms with van der Waals surface area (Å²) in [6.45, 7) is -0.0281. The van der Waals surface area contributed by atoms with Gasteiger partial charge in [0.25, 0.3) is 5.56 Å². The molecule has 13 heteroatoms. The van der Waals surface area contributed by atoms with Gasteiger partial charge in [-0.1, -0.05) is 6.07 Å². The number of piperidine rings is 1. The fraction of sp³-hybridized carbons (Fsp3) is 0.500. The number of nitrogens with zero attached hydrogens (tertiary/aromatic N) is 3. The van der Waals surface area contributed by atoms with Gasteiger partial charge in [0, 0.05) is 19.1 Å². The number of carbonyl (C=O) groups is 2. The molecular weight excluding hydrogens is 592 g/mol. The van der Waals surface area contributed by atoms with Crippen molar-refractivity contribution in [2.45, 2.75) is 76.3 Å². The molecule has 0 radical (unpaired) electrons. The lowest BCUT2D eigenvalue weighted by Gasteiger charge is -2.31. The van der Waals surface area contributed by atoms with Crippen molar-refractivity contribution in [3.05, 3.63) is 62.8 Å². The predicted molar refractivity (Wildman–Crippen MR) is 161 cm³/mol. The van der Waals surface area contributed by atoms with E-state index >= 15 is 0 Å². The van der Waals surface area contributed by atoms with E-state index in [9.17, 15) is 33.1 Å². The maximum atomic E-state index is 14.0. The molecule has 2 aliphatic rings. The second-order valence-electron chi connectivity index (χ2n) is 11.5. The highest BCUT2D eigenvalue weighted by Gasteiger charge is 2.26. The molecule has 1 aliphatic heterocycles. The summed E-state index contributed by atoms with van der Waals surface area (Å²) in [7, 11) is 0. The van der Waals surface area contributed by atoms with Crippen molar-refractivity contribution >= 4 is 23.3 Å². The van der Waals surface area contributed by atoms with Gasteiger partial charge in [-0.15, -0.1) is 0 Å². The van der Waals surface area contributed by atoms with Crippen molar-refractivity contribution in [2.24, 2.45) is 0 Å². The summed E-state index contributed by atoms with van der Waals surface area (Å²) in [4.78, 5) is 52.4. The average molecular weight is 630 g/mol. The maximum absolute atomic E-state index is 14.0. The number of aromatic nitrogens is 2. The molecule has 5 rings (SSSR count). The van der Waals surface area contributed by atoms with Gasteiger partial charge in [0.15, 0.2) is 23.7 Å². The van der Waals surface area contributed by atoms with Crippen LogP contribution in [0.2, 0.25) is 0 Å². The molecule has 0 unspecified atom stereocenters. The molecule has 1 saturated carbocycles. The number of ether oxygens (including phenoxy) is 3. The predicted octanol–water partition coefficient (Wildman–Crippen LogP) is 3.86. The van der Waals surface area contributed by atoms with Gasteiger partial charge in [-0.3, -0.25) is 18.7 Å². The first kappa shape index (κ1) is 32.0. The molecule has 1 atom stereocenters. The minimum Gasteiger partial charge on any atom is -0.487 e. The lowest BCUT2D eigenvalue weighted by molar-refractivity contribution is -0.144. The topological polar surface area (TPSA) is 129 Å². The number of carboxylic acids is 1. The van der Waals surface area contributed by atoms with E-state index in [4.69, 9.17) is 14.2 Å². The minimum atomic E-state index is -1.33. The summed E-state index contributed by atoms with van der Waals surface area (Å²) in [5, 5.41) is 9.59. The van der Waals surface area contributed by atoms with E-state index in [-0.39, 0.29) is 35.6 Å². The van der Waals surface area contributed by atoms with Crippen molar-refractivity contribution in [3.63, 3.8) is 0 Å². The SMILES string of the molecule is C[C@@H](Oc1cc(Cn2c(=O)c3cc(OC(CF)CF)ccc3n(C3CCN(C=O)CC3)c2=O)ccc1OC1CCCC1)C(=O)O. The van der Waals surface area contributed by atoms with Crippen LogP contribution in [0.3, 0.4) is 0 Å². The fourth-order valence-corrected chi connectivity index (χ4v) is 5.92. The molecule has 3 aromatic rings. The third-order valence-electron chi connectivity index (χ3n) is 8.40. The third-order valence-corrected chi connectivity index (χ3v) is 8.40. The number of carbonyl (C=O) groups excluding carboxylic acids is 1. The summed E-state index contributed by atoms with van der Waals surface area (Å²) >= 11 is 0. The molecular formula is C32H37F2N3O8. The zero-order valence-corrected chi connectivity index (χ0v) is 25.0. The van der Waals surface area contributed by atoms with Crippen molar-refractivity contribution in [1.82, 2.24) is 14.0 Å². The lowest BCUT2D eigenvalue weighted by atomic mass is 10.0. The standard InChI is InChI=1S/C32H37F2N3O8/c1-20(31(40)41)43-29-14-21(6-9-28(29)45-23-4-2-3-5-23)18-36-30(39)26-15-24(44-25(16-33)17-34)7-8-27(26)37(32(36)42)22-10-12-35(19-38)13-11-22/h6-9,14-15,19-20,22-23,25H,2-5,10-13,16-18H2,1H3,(H,40,41)/t20-/m1/s1. The second kappa shape index (κ2) is 14.1. The molecule has 0 bridgehead atoms. The highest BCUT2D eigenvalue weighted by atomic mass is 19.1. The van der Waals surface area contributed by atoms with Crippen LogP contribution < -0.4 is 25.5 Å². The smallest absolute Gasteiger partial charge is 0.344 e. The molecule has 1 aromatic heterocycles. The van der Waals surface area contributed by atoms with Crippen LogP contribution in [0.25, 0.3) is 10.9 Å². The van der Waals surface area contributed by atoms with Crippen molar-refractivity contribution in [2.75, 3.05) is 26.4 Å². The number of likely N-dealkylation sites (tertiary alicyclic amines) is 1. The number of halogens is 2. The molecule has 2 heterocycles. The summed E-state index contributed by atoms with van der Waals surface area (Å²) < 4.78 is 46.3. The van der Waals surface area contributed by atoms with Crippen LogP contribution in [0.1, 0.15) is 57.1 Å². The van der Waals surface area contributed by atoms with Gasteiger partial charge in [-0.25, -0.2) is 18.4 Å². The van der Waals surface area contributed by atoms with E-state index in [1.54, 1.807) is 23.1 Å². The largest absolute Gasteiger partial charge is 0.487 e. The zero-order valence-electron chi connectivity index (χ0n) is 25.0. The van der Waals surface area contributed by atoms with Crippen LogP contribution in [-0.4, -0.2) is 76.3 Å². The van der Waals surface area contributed by atoms with E-state index in [2.05, 4.69) is 0 Å². The van der Waals surface area contributed by atoms with Crippen molar-refractivity contribution in [3.8, 4) is 17.2 Å². The van der Waals surface area contributed by atoms with Gasteiger partial charge in [0.1, 0.15) is 19.1 Å². The molecule has 1 N–H and O–H groups in total. The Kier molecular flexibility index (Phi) is 10.0. The van der Waals surface area contributed by atoms with Crippen LogP contribution in [0.15, 0.2) is 46.0 Å². The number of benzene rings is 2. The monoisotopic (exact) mass is 629 g/mol. The Morgan fingerprint density at radius 2 is 1.71 bits per heavy atom. The lowest BCUT2D eigenvalue weighted by Crippen LogP contribution is -2.44. The molecule has 0 spiro atoms. The van der Waals surface area contributed by atoms with Crippen LogP contribution in [0.5, 0.6) is 17.2 Å². The maximum Gasteiger partial charge on any atom is 0.344 e. The average Bonchev–Trinajstić information content (AvgIpc) is 3.56. The highest BCUT2D eigenvalue weighted by Crippen LogP contribution is 2.34. The highest BCUT2D eigenvalue weighted by molar-refractivity contribution is 5.80. The normalized spacial score (nSPS) is 16.7. The first-order valence-electron chi connectivity index (χ1n) is 15.2. The Morgan fingerprint density at radius 1 is 1.00 bits per heavy atom. The molecule has 2 aromatic carbocycles. The number of aliphatic carboxylic acids is 1. The number of hydrogen-bond acceptors (Lipinski definition) is 7. The van der Waals surface area contributed by atoms with Crippen LogP contribution in [0, 0.1) is 0 Å². The Balaban J connectivity index is 1.58. The number of hydrogen-bond donors (Lipinski definition) is 1. The number of amides is 1. The van der Waals surface area contributed by atoms with Gasteiger partial charge in [0.2, 0.25) is 6.41 Å². The van der Waals surface area contributed by atoms with E-state index < -0.39 is 42.8 Å². The van der Waals surface area contributed by atoms with Crippen LogP contribution >= 0.6 is 0 Å². The zero-order chi connectivity index (χ0) is 32.1.